The van der Waals surface area contributed by atoms with Gasteiger partial charge in [0.1, 0.15) is 13.2 Å². The van der Waals surface area contributed by atoms with Crippen LogP contribution in [0.4, 0.5) is 21.0 Å². The van der Waals surface area contributed by atoms with E-state index in [0.717, 1.165) is 69.3 Å². The van der Waals surface area contributed by atoms with Crippen molar-refractivity contribution in [1.29, 1.82) is 0 Å². The molecule has 312 valence electrons. The Labute approximate surface area is 354 Å². The number of anilines is 2. The highest BCUT2D eigenvalue weighted by Crippen LogP contribution is 2.47. The molecule has 4 aromatic rings. The quantitative estimate of drug-likeness (QED) is 0.128. The minimum absolute atomic E-state index is 0.102. The molecule has 4 amide bonds. The first kappa shape index (κ1) is 45.9. The predicted octanol–water partition coefficient (Wildman–Crippen LogP) is 8.52. The van der Waals surface area contributed by atoms with Crippen molar-refractivity contribution in [2.75, 3.05) is 36.0 Å². The molecular formula is C46H53BrN4O8. The highest BCUT2D eigenvalue weighted by molar-refractivity contribution is 9.10. The first-order valence-electron chi connectivity index (χ1n) is 19.9. The summed E-state index contributed by atoms with van der Waals surface area (Å²) in [5.74, 6) is 0.225. The Balaban J connectivity index is 0.000000244. The molecule has 0 atom stereocenters. The fourth-order valence-corrected chi connectivity index (χ4v) is 8.12. The first-order valence-corrected chi connectivity index (χ1v) is 20.7. The van der Waals surface area contributed by atoms with Gasteiger partial charge in [-0.2, -0.15) is 9.59 Å². The lowest BCUT2D eigenvalue weighted by atomic mass is 9.77. The molecule has 0 saturated heterocycles. The summed E-state index contributed by atoms with van der Waals surface area (Å²) in [6, 6.07) is 31.3. The average Bonchev–Trinajstić information content (AvgIpc) is 3.62. The van der Waals surface area contributed by atoms with Crippen molar-refractivity contribution >= 4 is 57.5 Å². The van der Waals surface area contributed by atoms with Gasteiger partial charge >= 0.3 is 18.3 Å². The van der Waals surface area contributed by atoms with E-state index in [1.807, 2.05) is 90.7 Å². The maximum absolute atomic E-state index is 13.2. The number of aryl methyl sites for hydroxylation is 1. The third kappa shape index (κ3) is 10.8. The molecule has 0 aromatic heterocycles. The number of nitrogens with one attached hydrogen (secondary N) is 2. The third-order valence-corrected chi connectivity index (χ3v) is 11.6. The van der Waals surface area contributed by atoms with E-state index in [1.54, 1.807) is 4.90 Å². The summed E-state index contributed by atoms with van der Waals surface area (Å²) in [5.41, 5.74) is 6.10. The van der Waals surface area contributed by atoms with E-state index in [-0.39, 0.29) is 31.2 Å². The van der Waals surface area contributed by atoms with Gasteiger partial charge in [0.25, 0.3) is 0 Å². The number of rotatable bonds is 14. The Kier molecular flexibility index (Phi) is 17.0. The van der Waals surface area contributed by atoms with E-state index in [1.165, 1.54) is 0 Å². The first-order chi connectivity index (χ1) is 28.4. The van der Waals surface area contributed by atoms with Crippen LogP contribution in [0.3, 0.4) is 0 Å². The molecule has 59 heavy (non-hydrogen) atoms. The van der Waals surface area contributed by atoms with E-state index in [4.69, 9.17) is 19.1 Å². The molecule has 0 radical (unpaired) electrons. The van der Waals surface area contributed by atoms with Gasteiger partial charge in [0.05, 0.1) is 10.8 Å². The van der Waals surface area contributed by atoms with Crippen LogP contribution in [-0.2, 0) is 52.7 Å². The van der Waals surface area contributed by atoms with Gasteiger partial charge in [-0.1, -0.05) is 122 Å². The third-order valence-electron chi connectivity index (χ3n) is 11.1. The second-order valence-electron chi connectivity index (χ2n) is 14.2. The molecule has 0 bridgehead atoms. The Hall–Kier alpha value is -5.78. The zero-order valence-electron chi connectivity index (χ0n) is 34.3. The Morgan fingerprint density at radius 1 is 0.627 bits per heavy atom. The van der Waals surface area contributed by atoms with Crippen LogP contribution in [0, 0.1) is 6.92 Å². The molecular weight excluding hydrogens is 816 g/mol. The lowest BCUT2D eigenvalue weighted by Gasteiger charge is -2.26. The Bertz CT molecular complexity index is 1940. The molecule has 0 spiro atoms. The number of benzene rings is 4. The number of ether oxygens (including phenoxy) is 2. The zero-order valence-corrected chi connectivity index (χ0v) is 35.9. The molecule has 2 heterocycles. The van der Waals surface area contributed by atoms with Crippen LogP contribution in [0.2, 0.25) is 0 Å². The summed E-state index contributed by atoms with van der Waals surface area (Å²) in [6.07, 6.45) is 2.32. The minimum Gasteiger partial charge on any atom is -0.445 e. The van der Waals surface area contributed by atoms with Crippen LogP contribution in [-0.4, -0.2) is 56.3 Å². The molecule has 4 aromatic carbocycles. The molecule has 12 nitrogen and oxygen atoms in total. The average molecular weight is 870 g/mol. The Morgan fingerprint density at radius 3 is 1.42 bits per heavy atom. The summed E-state index contributed by atoms with van der Waals surface area (Å²) in [4.78, 5) is 70.2. The van der Waals surface area contributed by atoms with Gasteiger partial charge in [0.15, 0.2) is 0 Å². The van der Waals surface area contributed by atoms with Crippen molar-refractivity contribution < 1.29 is 38.2 Å². The van der Waals surface area contributed by atoms with Crippen LogP contribution >= 0.6 is 15.9 Å². The van der Waals surface area contributed by atoms with Gasteiger partial charge < -0.3 is 29.9 Å². The molecule has 0 fully saturated rings. The van der Waals surface area contributed by atoms with Crippen molar-refractivity contribution in [3.05, 3.63) is 129 Å². The highest BCUT2D eigenvalue weighted by Gasteiger charge is 2.49. The number of halogens is 1. The summed E-state index contributed by atoms with van der Waals surface area (Å²) < 4.78 is 11.4. The molecule has 6 rings (SSSR count). The molecule has 0 unspecified atom stereocenters. The van der Waals surface area contributed by atoms with Crippen molar-refractivity contribution in [3.63, 3.8) is 0 Å². The van der Waals surface area contributed by atoms with Crippen molar-refractivity contribution in [2.45, 2.75) is 84.3 Å². The highest BCUT2D eigenvalue weighted by atomic mass is 79.9. The number of alkyl carbamates (subject to hydrolysis) is 2. The largest absolute Gasteiger partial charge is 0.445 e. The van der Waals surface area contributed by atoms with Crippen molar-refractivity contribution in [3.8, 4) is 0 Å². The summed E-state index contributed by atoms with van der Waals surface area (Å²) in [5, 5.41) is 5.50. The van der Waals surface area contributed by atoms with Gasteiger partial charge in [-0.25, -0.2) is 9.59 Å². The monoisotopic (exact) mass is 868 g/mol. The topological polar surface area (TPSA) is 151 Å². The summed E-state index contributed by atoms with van der Waals surface area (Å²) in [7, 11) is 0. The molecule has 0 aliphatic carbocycles. The fraction of sp³-hybridized carbons (Fsp3) is 0.370. The number of amides is 4. The molecule has 2 aliphatic heterocycles. The van der Waals surface area contributed by atoms with Gasteiger partial charge in [-0.3, -0.25) is 9.59 Å². The van der Waals surface area contributed by atoms with Gasteiger partial charge in [-0.15, -0.1) is 0 Å². The van der Waals surface area contributed by atoms with E-state index >= 15 is 0 Å². The fourth-order valence-electron chi connectivity index (χ4n) is 7.77. The summed E-state index contributed by atoms with van der Waals surface area (Å²) in [6.45, 7) is 12.2. The second-order valence-corrected chi connectivity index (χ2v) is 15.2. The summed E-state index contributed by atoms with van der Waals surface area (Å²) >= 11 is 3.50. The number of fused-ring (bicyclic) bond motifs is 2. The molecule has 2 N–H and O–H groups in total. The number of nitrogens with zero attached hydrogens (tertiary/aromatic N) is 2. The van der Waals surface area contributed by atoms with Crippen LogP contribution < -0.4 is 20.4 Å². The number of hydrogen-bond donors (Lipinski definition) is 2. The van der Waals surface area contributed by atoms with E-state index in [2.05, 4.69) is 72.5 Å². The van der Waals surface area contributed by atoms with Crippen LogP contribution in [0.15, 0.2) is 102 Å². The zero-order chi connectivity index (χ0) is 43.0. The van der Waals surface area contributed by atoms with E-state index in [0.29, 0.717) is 26.2 Å². The van der Waals surface area contributed by atoms with Crippen LogP contribution in [0.1, 0.15) is 81.2 Å². The standard InChI is InChI=1S/C23H28N2O3.C22H25BrN2O3.CO2/c1-4-23(5-2)19-12-11-17(3)15-20(19)25(21(23)26)14-13-24-22(27)28-16-18-9-7-6-8-10-18;1-3-22(4-2)18-11-10-17(23)14-19(18)25(20(22)26)13-12-24-21(27)28-15-16-8-6-5-7-9-16;2-1-3/h6-12,15H,4-5,13-14,16H2,1-3H3,(H,24,27);5-11,14H,3-4,12-13,15H2,1-2H3,(H,24,27);. The van der Waals surface area contributed by atoms with Crippen LogP contribution in [0.5, 0.6) is 0 Å². The second kappa shape index (κ2) is 21.8. The lowest BCUT2D eigenvalue weighted by Crippen LogP contribution is -2.43. The maximum atomic E-state index is 13.2. The normalized spacial score (nSPS) is 14.1. The maximum Gasteiger partial charge on any atom is 0.407 e. The molecule has 0 saturated carbocycles. The Morgan fingerprint density at radius 2 is 1.02 bits per heavy atom. The van der Waals surface area contributed by atoms with Gasteiger partial charge in [0, 0.05) is 42.0 Å². The van der Waals surface area contributed by atoms with Crippen molar-refractivity contribution in [1.82, 2.24) is 10.6 Å². The smallest absolute Gasteiger partial charge is 0.407 e. The van der Waals surface area contributed by atoms with E-state index in [9.17, 15) is 19.2 Å². The minimum atomic E-state index is -0.484. The van der Waals surface area contributed by atoms with Gasteiger partial charge in [0.2, 0.25) is 11.8 Å². The lowest BCUT2D eigenvalue weighted by molar-refractivity contribution is -0.191. The van der Waals surface area contributed by atoms with Crippen molar-refractivity contribution in [2.24, 2.45) is 0 Å². The van der Waals surface area contributed by atoms with Crippen LogP contribution in [0.25, 0.3) is 0 Å². The number of hydrogen-bond acceptors (Lipinski definition) is 8. The van der Waals surface area contributed by atoms with Gasteiger partial charge in [-0.05, 0) is 78.6 Å². The number of carbonyl (C=O) groups excluding carboxylic acids is 6. The molecule has 13 heteroatoms. The SMILES string of the molecule is CCC1(CC)C(=O)N(CCNC(=O)OCc2ccccc2)c2cc(Br)ccc21.CCC1(CC)C(=O)N(CCNC(=O)OCc2ccccc2)c2cc(C)ccc21.O=C=O. The predicted molar refractivity (Wildman–Crippen MR) is 229 cm³/mol. The van der Waals surface area contributed by atoms with E-state index < -0.39 is 23.0 Å². The molecule has 2 aliphatic rings. The number of carbonyl (C=O) groups is 4.